The van der Waals surface area contributed by atoms with Gasteiger partial charge in [0, 0.05) is 12.5 Å². The van der Waals surface area contributed by atoms with E-state index in [1.807, 2.05) is 0 Å². The molecule has 1 atom stereocenters. The van der Waals surface area contributed by atoms with Crippen molar-refractivity contribution in [1.29, 1.82) is 0 Å². The van der Waals surface area contributed by atoms with Gasteiger partial charge in [-0.1, -0.05) is 20.8 Å². The number of nitrogens with one attached hydrogen (secondary N) is 1. The van der Waals surface area contributed by atoms with E-state index >= 15 is 0 Å². The second-order valence-electron chi connectivity index (χ2n) is 4.90. The summed E-state index contributed by atoms with van der Waals surface area (Å²) < 4.78 is 0. The zero-order valence-corrected chi connectivity index (χ0v) is 8.31. The van der Waals surface area contributed by atoms with Crippen molar-refractivity contribution in [2.24, 2.45) is 5.41 Å². The van der Waals surface area contributed by atoms with Gasteiger partial charge in [0.1, 0.15) is 0 Å². The summed E-state index contributed by atoms with van der Waals surface area (Å²) in [5.41, 5.74) is 0.396. The maximum atomic E-state index is 10.9. The summed E-state index contributed by atoms with van der Waals surface area (Å²) in [4.78, 5) is 10.9. The predicted molar refractivity (Wildman–Crippen MR) is 49.9 cm³/mol. The molecule has 1 aliphatic heterocycles. The average molecular weight is 169 g/mol. The summed E-state index contributed by atoms with van der Waals surface area (Å²) in [6.45, 7) is 6.72. The van der Waals surface area contributed by atoms with Crippen LogP contribution in [0.5, 0.6) is 0 Å². The lowest BCUT2D eigenvalue weighted by Crippen LogP contribution is -2.26. The molecule has 1 rings (SSSR count). The Bertz CT molecular complexity index is 169. The fourth-order valence-electron chi connectivity index (χ4n) is 1.50. The first kappa shape index (κ1) is 9.56. The molecule has 0 spiro atoms. The van der Waals surface area contributed by atoms with E-state index < -0.39 is 0 Å². The molecule has 1 heterocycles. The third-order valence-corrected chi connectivity index (χ3v) is 2.33. The maximum absolute atomic E-state index is 10.9. The highest BCUT2D eigenvalue weighted by atomic mass is 16.1. The van der Waals surface area contributed by atoms with Gasteiger partial charge in [-0.3, -0.25) is 4.79 Å². The molecule has 1 saturated heterocycles. The van der Waals surface area contributed by atoms with Crippen molar-refractivity contribution >= 4 is 5.91 Å². The highest BCUT2D eigenvalue weighted by molar-refractivity contribution is 5.78. The third kappa shape index (κ3) is 3.24. The van der Waals surface area contributed by atoms with Gasteiger partial charge in [0.15, 0.2) is 0 Å². The van der Waals surface area contributed by atoms with Crippen LogP contribution in [-0.4, -0.2) is 11.9 Å². The molecule has 0 aromatic rings. The Hall–Kier alpha value is -0.530. The molecule has 1 N–H and O–H groups in total. The minimum Gasteiger partial charge on any atom is -0.353 e. The second kappa shape index (κ2) is 3.46. The standard InChI is InChI=1S/C10H19NO/c1-10(2,3)7-6-8-4-5-9(12)11-8/h8H,4-7H2,1-3H3,(H,11,12). The van der Waals surface area contributed by atoms with Crippen LogP contribution >= 0.6 is 0 Å². The van der Waals surface area contributed by atoms with Crippen LogP contribution in [-0.2, 0) is 4.79 Å². The molecular formula is C10H19NO. The van der Waals surface area contributed by atoms with Crippen molar-refractivity contribution in [2.75, 3.05) is 0 Å². The molecule has 0 bridgehead atoms. The monoisotopic (exact) mass is 169 g/mol. The molecule has 2 heteroatoms. The van der Waals surface area contributed by atoms with Crippen LogP contribution in [0.15, 0.2) is 0 Å². The Labute approximate surface area is 74.7 Å². The van der Waals surface area contributed by atoms with Crippen molar-refractivity contribution < 1.29 is 4.79 Å². The van der Waals surface area contributed by atoms with Crippen molar-refractivity contribution in [3.63, 3.8) is 0 Å². The molecule has 1 unspecified atom stereocenters. The van der Waals surface area contributed by atoms with Gasteiger partial charge in [-0.2, -0.15) is 0 Å². The van der Waals surface area contributed by atoms with E-state index in [1.165, 1.54) is 6.42 Å². The second-order valence-corrected chi connectivity index (χ2v) is 4.90. The van der Waals surface area contributed by atoms with Crippen molar-refractivity contribution in [1.82, 2.24) is 5.32 Å². The Balaban J connectivity index is 2.20. The van der Waals surface area contributed by atoms with Crippen LogP contribution in [0.1, 0.15) is 46.5 Å². The maximum Gasteiger partial charge on any atom is 0.220 e. The van der Waals surface area contributed by atoms with Gasteiger partial charge < -0.3 is 5.32 Å². The Kier molecular flexibility index (Phi) is 2.76. The molecule has 0 aromatic carbocycles. The van der Waals surface area contributed by atoms with E-state index in [1.54, 1.807) is 0 Å². The van der Waals surface area contributed by atoms with Crippen molar-refractivity contribution in [3.8, 4) is 0 Å². The molecule has 1 aliphatic rings. The quantitative estimate of drug-likeness (QED) is 0.673. The fourth-order valence-corrected chi connectivity index (χ4v) is 1.50. The Morgan fingerprint density at radius 2 is 2.17 bits per heavy atom. The van der Waals surface area contributed by atoms with Crippen molar-refractivity contribution in [2.45, 2.75) is 52.5 Å². The van der Waals surface area contributed by atoms with Gasteiger partial charge in [0.2, 0.25) is 5.91 Å². The largest absolute Gasteiger partial charge is 0.353 e. The first-order chi connectivity index (χ1) is 5.47. The van der Waals surface area contributed by atoms with Crippen LogP contribution in [0, 0.1) is 5.41 Å². The summed E-state index contributed by atoms with van der Waals surface area (Å²) in [5, 5.41) is 2.99. The number of rotatable bonds is 2. The number of hydrogen-bond donors (Lipinski definition) is 1. The zero-order chi connectivity index (χ0) is 9.19. The van der Waals surface area contributed by atoms with Gasteiger partial charge in [-0.25, -0.2) is 0 Å². The minimum atomic E-state index is 0.230. The number of hydrogen-bond acceptors (Lipinski definition) is 1. The summed E-state index contributed by atoms with van der Waals surface area (Å²) in [6.07, 6.45) is 4.09. The predicted octanol–water partition coefficient (Wildman–Crippen LogP) is 2.09. The summed E-state index contributed by atoms with van der Waals surface area (Å²) >= 11 is 0. The van der Waals surface area contributed by atoms with Crippen molar-refractivity contribution in [3.05, 3.63) is 0 Å². The van der Waals surface area contributed by atoms with E-state index in [4.69, 9.17) is 0 Å². The van der Waals surface area contributed by atoms with Crippen LogP contribution in [0.4, 0.5) is 0 Å². The first-order valence-electron chi connectivity index (χ1n) is 4.77. The van der Waals surface area contributed by atoms with E-state index in [2.05, 4.69) is 26.1 Å². The highest BCUT2D eigenvalue weighted by Crippen LogP contribution is 2.23. The van der Waals surface area contributed by atoms with Gasteiger partial charge in [-0.05, 0) is 24.7 Å². The van der Waals surface area contributed by atoms with E-state index in [0.717, 1.165) is 19.3 Å². The van der Waals surface area contributed by atoms with Crippen LogP contribution < -0.4 is 5.32 Å². The molecule has 0 aliphatic carbocycles. The summed E-state index contributed by atoms with van der Waals surface area (Å²) in [7, 11) is 0. The van der Waals surface area contributed by atoms with Gasteiger partial charge in [0.25, 0.3) is 0 Å². The summed E-state index contributed by atoms with van der Waals surface area (Å²) in [6, 6.07) is 0.455. The van der Waals surface area contributed by atoms with Crippen LogP contribution in [0.2, 0.25) is 0 Å². The summed E-state index contributed by atoms with van der Waals surface area (Å²) in [5.74, 6) is 0.230. The van der Waals surface area contributed by atoms with Gasteiger partial charge in [-0.15, -0.1) is 0 Å². The Morgan fingerprint density at radius 3 is 2.58 bits per heavy atom. The lowest BCUT2D eigenvalue weighted by molar-refractivity contribution is -0.119. The van der Waals surface area contributed by atoms with Crippen LogP contribution in [0.25, 0.3) is 0 Å². The molecule has 1 fully saturated rings. The molecule has 0 aromatic heterocycles. The topological polar surface area (TPSA) is 29.1 Å². The van der Waals surface area contributed by atoms with Crippen LogP contribution in [0.3, 0.4) is 0 Å². The minimum absolute atomic E-state index is 0.230. The van der Waals surface area contributed by atoms with Gasteiger partial charge in [0.05, 0.1) is 0 Å². The number of amides is 1. The van der Waals surface area contributed by atoms with E-state index in [0.29, 0.717) is 11.5 Å². The smallest absolute Gasteiger partial charge is 0.220 e. The number of carbonyl (C=O) groups is 1. The molecule has 12 heavy (non-hydrogen) atoms. The molecule has 0 radical (unpaired) electrons. The zero-order valence-electron chi connectivity index (χ0n) is 8.31. The average Bonchev–Trinajstić information content (AvgIpc) is 2.30. The molecule has 0 saturated carbocycles. The third-order valence-electron chi connectivity index (χ3n) is 2.33. The first-order valence-corrected chi connectivity index (χ1v) is 4.77. The Morgan fingerprint density at radius 1 is 1.50 bits per heavy atom. The van der Waals surface area contributed by atoms with Gasteiger partial charge >= 0.3 is 0 Å². The normalized spacial score (nSPS) is 24.2. The molecule has 2 nitrogen and oxygen atoms in total. The molecular weight excluding hydrogens is 150 g/mol. The number of carbonyl (C=O) groups excluding carboxylic acids is 1. The lowest BCUT2D eigenvalue weighted by Gasteiger charge is -2.20. The SMILES string of the molecule is CC(C)(C)CCC1CCC(=O)N1. The lowest BCUT2D eigenvalue weighted by atomic mass is 9.88. The van der Waals surface area contributed by atoms with E-state index in [-0.39, 0.29) is 5.91 Å². The molecule has 70 valence electrons. The van der Waals surface area contributed by atoms with E-state index in [9.17, 15) is 4.79 Å². The highest BCUT2D eigenvalue weighted by Gasteiger charge is 2.22. The molecule has 1 amide bonds. The fraction of sp³-hybridized carbons (Fsp3) is 0.900.